The zero-order valence-corrected chi connectivity index (χ0v) is 10.7. The Morgan fingerprint density at radius 1 is 1.12 bits per heavy atom. The number of likely N-dealkylation sites (tertiary alicyclic amines) is 1. The van der Waals surface area contributed by atoms with Crippen LogP contribution >= 0.6 is 0 Å². The van der Waals surface area contributed by atoms with Gasteiger partial charge in [-0.25, -0.2) is 0 Å². The van der Waals surface area contributed by atoms with E-state index < -0.39 is 0 Å². The van der Waals surface area contributed by atoms with Gasteiger partial charge in [-0.15, -0.1) is 0 Å². The summed E-state index contributed by atoms with van der Waals surface area (Å²) < 4.78 is 5.20. The molecular formula is C13H27NO2. The standard InChI is InChI=1S/C13H27NO2/c1-16-12-13-6-9-14(10-7-13)8-4-2-3-5-11-15/h13,15H,2-12H2,1H3. The second-order valence-electron chi connectivity index (χ2n) is 4.88. The molecule has 1 rings (SSSR count). The first-order valence-electron chi connectivity index (χ1n) is 6.69. The first-order chi connectivity index (χ1) is 7.86. The van der Waals surface area contributed by atoms with E-state index in [2.05, 4.69) is 4.90 Å². The van der Waals surface area contributed by atoms with Gasteiger partial charge < -0.3 is 14.7 Å². The van der Waals surface area contributed by atoms with E-state index in [1.807, 2.05) is 0 Å². The number of piperidine rings is 1. The molecule has 0 bridgehead atoms. The van der Waals surface area contributed by atoms with Crippen LogP contribution in [0.4, 0.5) is 0 Å². The fourth-order valence-electron chi connectivity index (χ4n) is 2.41. The summed E-state index contributed by atoms with van der Waals surface area (Å²) in [5, 5.41) is 8.67. The summed E-state index contributed by atoms with van der Waals surface area (Å²) >= 11 is 0. The van der Waals surface area contributed by atoms with Gasteiger partial charge in [0.05, 0.1) is 0 Å². The molecule has 0 aromatic rings. The Morgan fingerprint density at radius 2 is 1.81 bits per heavy atom. The summed E-state index contributed by atoms with van der Waals surface area (Å²) in [6.45, 7) is 5.01. The van der Waals surface area contributed by atoms with Crippen LogP contribution < -0.4 is 0 Å². The number of aliphatic hydroxyl groups is 1. The molecule has 0 aromatic heterocycles. The lowest BCUT2D eigenvalue weighted by Gasteiger charge is -2.31. The molecule has 96 valence electrons. The van der Waals surface area contributed by atoms with Crippen LogP contribution in [0.25, 0.3) is 0 Å². The lowest BCUT2D eigenvalue weighted by atomic mass is 9.97. The summed E-state index contributed by atoms with van der Waals surface area (Å²) in [7, 11) is 1.80. The highest BCUT2D eigenvalue weighted by atomic mass is 16.5. The third-order valence-electron chi connectivity index (χ3n) is 3.49. The molecule has 1 saturated heterocycles. The lowest BCUT2D eigenvalue weighted by molar-refractivity contribution is 0.0987. The minimum absolute atomic E-state index is 0.350. The van der Waals surface area contributed by atoms with E-state index in [9.17, 15) is 0 Å². The van der Waals surface area contributed by atoms with Gasteiger partial charge in [-0.3, -0.25) is 0 Å². The van der Waals surface area contributed by atoms with Crippen molar-refractivity contribution in [3.8, 4) is 0 Å². The zero-order chi connectivity index (χ0) is 11.6. The molecule has 1 aliphatic heterocycles. The Balaban J connectivity index is 1.95. The molecule has 0 atom stereocenters. The molecule has 1 aliphatic rings. The van der Waals surface area contributed by atoms with Gasteiger partial charge in [-0.1, -0.05) is 12.8 Å². The van der Waals surface area contributed by atoms with Gasteiger partial charge in [0.2, 0.25) is 0 Å². The molecule has 1 heterocycles. The van der Waals surface area contributed by atoms with Crippen molar-refractivity contribution in [1.29, 1.82) is 0 Å². The largest absolute Gasteiger partial charge is 0.396 e. The van der Waals surface area contributed by atoms with E-state index in [4.69, 9.17) is 9.84 Å². The van der Waals surface area contributed by atoms with Gasteiger partial charge in [0.1, 0.15) is 0 Å². The van der Waals surface area contributed by atoms with Gasteiger partial charge in [0.25, 0.3) is 0 Å². The average molecular weight is 229 g/mol. The summed E-state index contributed by atoms with van der Waals surface area (Å²) in [5.41, 5.74) is 0. The van der Waals surface area contributed by atoms with Crippen LogP contribution in [0.2, 0.25) is 0 Å². The quantitative estimate of drug-likeness (QED) is 0.645. The Bertz CT molecular complexity index is 156. The van der Waals surface area contributed by atoms with E-state index in [1.165, 1.54) is 51.7 Å². The highest BCUT2D eigenvalue weighted by molar-refractivity contribution is 4.71. The molecule has 0 saturated carbocycles. The van der Waals surface area contributed by atoms with Crippen LogP contribution in [0, 0.1) is 5.92 Å². The van der Waals surface area contributed by atoms with Crippen molar-refractivity contribution in [3.63, 3.8) is 0 Å². The first kappa shape index (κ1) is 13.9. The first-order valence-corrected chi connectivity index (χ1v) is 6.69. The summed E-state index contributed by atoms with van der Waals surface area (Å²) in [4.78, 5) is 2.57. The van der Waals surface area contributed by atoms with Crippen LogP contribution in [0.1, 0.15) is 38.5 Å². The SMILES string of the molecule is COCC1CCN(CCCCCCO)CC1. The molecule has 1 fully saturated rings. The van der Waals surface area contributed by atoms with Crippen molar-refractivity contribution in [2.24, 2.45) is 5.92 Å². The van der Waals surface area contributed by atoms with Crippen molar-refractivity contribution >= 4 is 0 Å². The molecule has 0 radical (unpaired) electrons. The van der Waals surface area contributed by atoms with Gasteiger partial charge in [0.15, 0.2) is 0 Å². The highest BCUT2D eigenvalue weighted by Gasteiger charge is 2.18. The Kier molecular flexibility index (Phi) is 7.81. The van der Waals surface area contributed by atoms with E-state index in [0.29, 0.717) is 6.61 Å². The van der Waals surface area contributed by atoms with Gasteiger partial charge in [-0.2, -0.15) is 0 Å². The van der Waals surface area contributed by atoms with Crippen LogP contribution in [0.15, 0.2) is 0 Å². The summed E-state index contributed by atoms with van der Waals surface area (Å²) in [5.74, 6) is 0.788. The third kappa shape index (κ3) is 5.83. The topological polar surface area (TPSA) is 32.7 Å². The smallest absolute Gasteiger partial charge is 0.0491 e. The number of nitrogens with zero attached hydrogens (tertiary/aromatic N) is 1. The molecule has 1 N–H and O–H groups in total. The van der Waals surface area contributed by atoms with Crippen molar-refractivity contribution in [1.82, 2.24) is 4.90 Å². The van der Waals surface area contributed by atoms with E-state index in [0.717, 1.165) is 18.9 Å². The van der Waals surface area contributed by atoms with E-state index in [1.54, 1.807) is 7.11 Å². The second kappa shape index (κ2) is 8.97. The number of ether oxygens (including phenoxy) is 1. The molecule has 0 aliphatic carbocycles. The van der Waals surface area contributed by atoms with Crippen LogP contribution in [-0.4, -0.2) is 50.0 Å². The minimum Gasteiger partial charge on any atom is -0.396 e. The summed E-state index contributed by atoms with van der Waals surface area (Å²) in [6, 6.07) is 0. The van der Waals surface area contributed by atoms with Crippen LogP contribution in [-0.2, 0) is 4.74 Å². The Hall–Kier alpha value is -0.120. The van der Waals surface area contributed by atoms with Crippen molar-refractivity contribution < 1.29 is 9.84 Å². The normalized spacial score (nSPS) is 19.1. The fraction of sp³-hybridized carbons (Fsp3) is 1.00. The molecular weight excluding hydrogens is 202 g/mol. The fourth-order valence-corrected chi connectivity index (χ4v) is 2.41. The zero-order valence-electron chi connectivity index (χ0n) is 10.7. The molecule has 0 aromatic carbocycles. The van der Waals surface area contributed by atoms with Crippen LogP contribution in [0.3, 0.4) is 0 Å². The molecule has 3 heteroatoms. The van der Waals surface area contributed by atoms with Gasteiger partial charge in [0, 0.05) is 20.3 Å². The number of hydrogen-bond donors (Lipinski definition) is 1. The maximum Gasteiger partial charge on any atom is 0.0491 e. The number of unbranched alkanes of at least 4 members (excludes halogenated alkanes) is 3. The Morgan fingerprint density at radius 3 is 2.44 bits per heavy atom. The van der Waals surface area contributed by atoms with Crippen molar-refractivity contribution in [2.75, 3.05) is 40.0 Å². The predicted octanol–water partition coefficient (Wildman–Crippen LogP) is 1.90. The third-order valence-corrected chi connectivity index (χ3v) is 3.49. The van der Waals surface area contributed by atoms with Crippen molar-refractivity contribution in [3.05, 3.63) is 0 Å². The molecule has 0 unspecified atom stereocenters. The van der Waals surface area contributed by atoms with Crippen molar-refractivity contribution in [2.45, 2.75) is 38.5 Å². The monoisotopic (exact) mass is 229 g/mol. The molecule has 0 amide bonds. The van der Waals surface area contributed by atoms with E-state index >= 15 is 0 Å². The highest BCUT2D eigenvalue weighted by Crippen LogP contribution is 2.17. The Labute approximate surface area is 99.8 Å². The number of rotatable bonds is 8. The number of hydrogen-bond acceptors (Lipinski definition) is 3. The van der Waals surface area contributed by atoms with Gasteiger partial charge >= 0.3 is 0 Å². The minimum atomic E-state index is 0.350. The predicted molar refractivity (Wildman–Crippen MR) is 66.6 cm³/mol. The molecule has 16 heavy (non-hydrogen) atoms. The molecule has 3 nitrogen and oxygen atoms in total. The van der Waals surface area contributed by atoms with E-state index in [-0.39, 0.29) is 0 Å². The maximum absolute atomic E-state index is 8.67. The molecule has 0 spiro atoms. The van der Waals surface area contributed by atoms with Crippen LogP contribution in [0.5, 0.6) is 0 Å². The average Bonchev–Trinajstić information content (AvgIpc) is 2.31. The second-order valence-corrected chi connectivity index (χ2v) is 4.88. The maximum atomic E-state index is 8.67. The number of methoxy groups -OCH3 is 1. The lowest BCUT2D eigenvalue weighted by Crippen LogP contribution is -2.35. The van der Waals surface area contributed by atoms with Gasteiger partial charge in [-0.05, 0) is 51.2 Å². The summed E-state index contributed by atoms with van der Waals surface area (Å²) in [6.07, 6.45) is 7.29. The number of aliphatic hydroxyl groups excluding tert-OH is 1.